The molecule has 1 aromatic heterocycles. The van der Waals surface area contributed by atoms with Crippen LogP contribution >= 0.6 is 11.6 Å². The number of carbonyl (C=O) groups excluding carboxylic acids is 2. The largest absolute Gasteiger partial charge is 0.485 e. The van der Waals surface area contributed by atoms with E-state index in [4.69, 9.17) is 26.5 Å². The molecule has 2 N–H and O–H groups in total. The lowest BCUT2D eigenvalue weighted by molar-refractivity contribution is 0.0561. The van der Waals surface area contributed by atoms with Crippen LogP contribution in [0, 0.1) is 0 Å². The third-order valence-corrected chi connectivity index (χ3v) is 2.86. The lowest BCUT2D eigenvalue weighted by Crippen LogP contribution is -2.13. The number of halogens is 1. The molecule has 2 rings (SSSR count). The number of hydrogen-bond acceptors (Lipinski definition) is 5. The van der Waals surface area contributed by atoms with Gasteiger partial charge in [0.1, 0.15) is 18.1 Å². The van der Waals surface area contributed by atoms with Crippen molar-refractivity contribution in [3.63, 3.8) is 0 Å². The molecule has 2 aromatic rings. The first-order valence-electron chi connectivity index (χ1n) is 5.90. The van der Waals surface area contributed by atoms with Crippen LogP contribution in [-0.2, 0) is 11.3 Å². The Morgan fingerprint density at radius 1 is 1.29 bits per heavy atom. The highest BCUT2D eigenvalue weighted by Gasteiger charge is 2.13. The van der Waals surface area contributed by atoms with Crippen molar-refractivity contribution < 1.29 is 23.5 Å². The molecule has 7 heteroatoms. The molecule has 0 bridgehead atoms. The van der Waals surface area contributed by atoms with Gasteiger partial charge in [-0.05, 0) is 30.3 Å². The molecule has 0 fully saturated rings. The number of esters is 1. The van der Waals surface area contributed by atoms with Crippen molar-refractivity contribution in [2.75, 3.05) is 7.11 Å². The number of amides is 1. The van der Waals surface area contributed by atoms with E-state index in [9.17, 15) is 9.59 Å². The van der Waals surface area contributed by atoms with Crippen molar-refractivity contribution >= 4 is 23.5 Å². The maximum Gasteiger partial charge on any atom is 0.373 e. The second-order valence-corrected chi connectivity index (χ2v) is 4.49. The van der Waals surface area contributed by atoms with Gasteiger partial charge < -0.3 is 19.6 Å². The Morgan fingerprint density at radius 3 is 2.71 bits per heavy atom. The predicted molar refractivity (Wildman–Crippen MR) is 74.3 cm³/mol. The Labute approximate surface area is 125 Å². The molecule has 0 spiro atoms. The number of primary amides is 1. The van der Waals surface area contributed by atoms with Gasteiger partial charge in [-0.1, -0.05) is 11.6 Å². The molecule has 1 amide bonds. The minimum atomic E-state index is -0.651. The summed E-state index contributed by atoms with van der Waals surface area (Å²) >= 11 is 5.80. The molecule has 0 unspecified atom stereocenters. The Morgan fingerprint density at radius 2 is 2.05 bits per heavy atom. The smallest absolute Gasteiger partial charge is 0.373 e. The molecule has 1 heterocycles. The quantitative estimate of drug-likeness (QED) is 0.856. The predicted octanol–water partition coefficient (Wildman–Crippen LogP) is 2.40. The molecule has 0 aliphatic heterocycles. The Hall–Kier alpha value is -2.47. The first-order valence-corrected chi connectivity index (χ1v) is 6.28. The van der Waals surface area contributed by atoms with Crippen LogP contribution in [0.5, 0.6) is 5.75 Å². The Balaban J connectivity index is 2.11. The average molecular weight is 310 g/mol. The number of nitrogens with two attached hydrogens (primary N) is 1. The highest BCUT2D eigenvalue weighted by molar-refractivity contribution is 6.31. The summed E-state index contributed by atoms with van der Waals surface area (Å²) in [6.45, 7) is 0.0267. The van der Waals surface area contributed by atoms with Crippen LogP contribution in [-0.4, -0.2) is 19.0 Å². The van der Waals surface area contributed by atoms with Gasteiger partial charge in [0.05, 0.1) is 12.7 Å². The van der Waals surface area contributed by atoms with E-state index in [0.29, 0.717) is 10.8 Å². The normalized spacial score (nSPS) is 10.2. The molecule has 1 aromatic carbocycles. The van der Waals surface area contributed by atoms with Crippen molar-refractivity contribution in [1.82, 2.24) is 0 Å². The van der Waals surface area contributed by atoms with Gasteiger partial charge in [0.2, 0.25) is 5.76 Å². The van der Waals surface area contributed by atoms with E-state index in [2.05, 4.69) is 4.74 Å². The van der Waals surface area contributed by atoms with Crippen LogP contribution in [0.3, 0.4) is 0 Å². The summed E-state index contributed by atoms with van der Waals surface area (Å²) in [5.41, 5.74) is 5.42. The van der Waals surface area contributed by atoms with E-state index < -0.39 is 11.9 Å². The highest BCUT2D eigenvalue weighted by atomic mass is 35.5. The number of ether oxygens (including phenoxy) is 2. The van der Waals surface area contributed by atoms with E-state index in [1.54, 1.807) is 12.1 Å². The molecule has 0 saturated carbocycles. The third kappa shape index (κ3) is 3.55. The van der Waals surface area contributed by atoms with Gasteiger partial charge in [-0.2, -0.15) is 0 Å². The molecule has 21 heavy (non-hydrogen) atoms. The van der Waals surface area contributed by atoms with Crippen molar-refractivity contribution in [3.8, 4) is 5.75 Å². The molecule has 0 aliphatic rings. The van der Waals surface area contributed by atoms with Crippen LogP contribution in [0.1, 0.15) is 26.7 Å². The first kappa shape index (κ1) is 14.9. The molecule has 110 valence electrons. The zero-order chi connectivity index (χ0) is 15.4. The summed E-state index contributed by atoms with van der Waals surface area (Å²) in [6, 6.07) is 7.58. The summed E-state index contributed by atoms with van der Waals surface area (Å²) in [5, 5.41) is 0.377. The van der Waals surface area contributed by atoms with Gasteiger partial charge >= 0.3 is 5.97 Å². The zero-order valence-electron chi connectivity index (χ0n) is 11.1. The van der Waals surface area contributed by atoms with Crippen LogP contribution < -0.4 is 10.5 Å². The van der Waals surface area contributed by atoms with Gasteiger partial charge in [-0.25, -0.2) is 4.79 Å². The van der Waals surface area contributed by atoms with E-state index in [1.807, 2.05) is 0 Å². The Kier molecular flexibility index (Phi) is 4.49. The van der Waals surface area contributed by atoms with Gasteiger partial charge in [0.25, 0.3) is 5.91 Å². The van der Waals surface area contributed by atoms with Gasteiger partial charge in [-0.3, -0.25) is 4.79 Å². The van der Waals surface area contributed by atoms with Crippen molar-refractivity contribution in [1.29, 1.82) is 0 Å². The summed E-state index contributed by atoms with van der Waals surface area (Å²) in [5.74, 6) is -0.473. The molecule has 0 atom stereocenters. The van der Waals surface area contributed by atoms with Gasteiger partial charge in [0, 0.05) is 5.02 Å². The molecule has 0 aliphatic carbocycles. The fourth-order valence-electron chi connectivity index (χ4n) is 1.64. The van der Waals surface area contributed by atoms with Gasteiger partial charge in [-0.15, -0.1) is 0 Å². The SMILES string of the molecule is COC(=O)c1ccc(COc2ccc(Cl)cc2C(N)=O)o1. The maximum absolute atomic E-state index is 11.3. The van der Waals surface area contributed by atoms with E-state index in [1.165, 1.54) is 25.3 Å². The van der Waals surface area contributed by atoms with Gasteiger partial charge in [0.15, 0.2) is 0 Å². The fraction of sp³-hybridized carbons (Fsp3) is 0.143. The minimum absolute atomic E-state index is 0.0267. The molecule has 0 radical (unpaired) electrons. The second-order valence-electron chi connectivity index (χ2n) is 4.05. The molecular weight excluding hydrogens is 298 g/mol. The first-order chi connectivity index (χ1) is 10.0. The van der Waals surface area contributed by atoms with E-state index in [-0.39, 0.29) is 23.7 Å². The fourth-order valence-corrected chi connectivity index (χ4v) is 1.81. The summed E-state index contributed by atoms with van der Waals surface area (Å²) < 4.78 is 15.2. The number of benzene rings is 1. The number of rotatable bonds is 5. The number of hydrogen-bond donors (Lipinski definition) is 1. The lowest BCUT2D eigenvalue weighted by Gasteiger charge is -2.08. The molecule has 0 saturated heterocycles. The van der Waals surface area contributed by atoms with E-state index >= 15 is 0 Å². The zero-order valence-corrected chi connectivity index (χ0v) is 11.8. The van der Waals surface area contributed by atoms with Crippen LogP contribution in [0.4, 0.5) is 0 Å². The molecular formula is C14H12ClNO5. The summed E-state index contributed by atoms with van der Waals surface area (Å²) in [4.78, 5) is 22.6. The van der Waals surface area contributed by atoms with Crippen LogP contribution in [0.2, 0.25) is 5.02 Å². The second kappa shape index (κ2) is 6.32. The maximum atomic E-state index is 11.3. The third-order valence-electron chi connectivity index (χ3n) is 2.63. The van der Waals surface area contributed by atoms with Crippen molar-refractivity contribution in [2.45, 2.75) is 6.61 Å². The Bertz CT molecular complexity index is 680. The topological polar surface area (TPSA) is 91.8 Å². The summed E-state index contributed by atoms with van der Waals surface area (Å²) in [7, 11) is 1.26. The summed E-state index contributed by atoms with van der Waals surface area (Å²) in [6.07, 6.45) is 0. The monoisotopic (exact) mass is 309 g/mol. The molecule has 6 nitrogen and oxygen atoms in total. The van der Waals surface area contributed by atoms with Crippen molar-refractivity contribution in [3.05, 3.63) is 52.4 Å². The average Bonchev–Trinajstić information content (AvgIpc) is 2.93. The number of methoxy groups -OCH3 is 1. The lowest BCUT2D eigenvalue weighted by atomic mass is 10.2. The van der Waals surface area contributed by atoms with Crippen LogP contribution in [0.15, 0.2) is 34.7 Å². The van der Waals surface area contributed by atoms with Crippen LogP contribution in [0.25, 0.3) is 0 Å². The number of furan rings is 1. The number of carbonyl (C=O) groups is 2. The standard InChI is InChI=1S/C14H12ClNO5/c1-19-14(18)12-5-3-9(21-12)7-20-11-4-2-8(15)6-10(11)13(16)17/h2-6H,7H2,1H3,(H2,16,17). The minimum Gasteiger partial charge on any atom is -0.485 e. The highest BCUT2D eigenvalue weighted by Crippen LogP contribution is 2.23. The van der Waals surface area contributed by atoms with E-state index in [0.717, 1.165) is 0 Å². The van der Waals surface area contributed by atoms with Crippen molar-refractivity contribution in [2.24, 2.45) is 5.73 Å².